The van der Waals surface area contributed by atoms with Gasteiger partial charge in [0.05, 0.1) is 0 Å². The van der Waals surface area contributed by atoms with Crippen molar-refractivity contribution in [3.05, 3.63) is 48.0 Å². The van der Waals surface area contributed by atoms with E-state index in [1.54, 1.807) is 4.90 Å². The topological polar surface area (TPSA) is 72.8 Å². The van der Waals surface area contributed by atoms with Gasteiger partial charge in [0.2, 0.25) is 0 Å². The number of carbonyl (C=O) groups excluding carboxylic acids is 1. The Bertz CT molecular complexity index is 679. The van der Waals surface area contributed by atoms with Gasteiger partial charge in [-0.15, -0.1) is 0 Å². The monoisotopic (exact) mass is 284 g/mol. The molecule has 108 valence electrons. The van der Waals surface area contributed by atoms with Gasteiger partial charge in [-0.25, -0.2) is 4.79 Å². The number of benzene rings is 2. The molecule has 21 heavy (non-hydrogen) atoms. The third kappa shape index (κ3) is 2.50. The van der Waals surface area contributed by atoms with Crippen molar-refractivity contribution in [2.45, 2.75) is 19.4 Å². The zero-order valence-corrected chi connectivity index (χ0v) is 11.6. The van der Waals surface area contributed by atoms with Crippen LogP contribution in [0.25, 0.3) is 0 Å². The lowest BCUT2D eigenvalue weighted by molar-refractivity contribution is 0.256. The lowest BCUT2D eigenvalue weighted by Gasteiger charge is -2.23. The van der Waals surface area contributed by atoms with Crippen molar-refractivity contribution in [3.63, 3.8) is 0 Å². The minimum Gasteiger partial charge on any atom is -0.508 e. The van der Waals surface area contributed by atoms with Gasteiger partial charge in [-0.2, -0.15) is 0 Å². The molecule has 2 aromatic carbocycles. The van der Waals surface area contributed by atoms with Gasteiger partial charge in [-0.05, 0) is 25.0 Å². The summed E-state index contributed by atoms with van der Waals surface area (Å²) >= 11 is 0. The van der Waals surface area contributed by atoms with E-state index in [1.807, 2.05) is 31.2 Å². The highest BCUT2D eigenvalue weighted by Gasteiger charge is 2.30. The summed E-state index contributed by atoms with van der Waals surface area (Å²) in [5.74, 6) is -0.194. The first-order valence-electron chi connectivity index (χ1n) is 6.76. The van der Waals surface area contributed by atoms with E-state index in [0.717, 1.165) is 17.7 Å². The molecule has 0 radical (unpaired) electrons. The molecule has 1 aliphatic rings. The van der Waals surface area contributed by atoms with Crippen LogP contribution in [0.3, 0.4) is 0 Å². The number of carbonyl (C=O) groups is 1. The number of aromatic hydroxyl groups is 2. The van der Waals surface area contributed by atoms with Crippen LogP contribution in [-0.4, -0.2) is 22.3 Å². The third-order valence-corrected chi connectivity index (χ3v) is 3.58. The normalized spacial score (nSPS) is 16.6. The molecule has 3 N–H and O–H groups in total. The molecule has 0 bridgehead atoms. The molecule has 1 heterocycles. The predicted molar refractivity (Wildman–Crippen MR) is 80.9 cm³/mol. The van der Waals surface area contributed by atoms with Crippen molar-refractivity contribution in [2.24, 2.45) is 0 Å². The van der Waals surface area contributed by atoms with E-state index >= 15 is 0 Å². The molecule has 1 aliphatic heterocycles. The average molecular weight is 284 g/mol. The molecule has 1 unspecified atom stereocenters. The molecule has 2 aromatic rings. The Labute approximate surface area is 122 Å². The van der Waals surface area contributed by atoms with Gasteiger partial charge in [0.25, 0.3) is 0 Å². The summed E-state index contributed by atoms with van der Waals surface area (Å²) in [6.07, 6.45) is 0.814. The van der Waals surface area contributed by atoms with E-state index in [9.17, 15) is 15.0 Å². The number of hydrogen-bond donors (Lipinski definition) is 3. The number of nitrogens with zero attached hydrogens (tertiary/aromatic N) is 1. The minimum absolute atomic E-state index is 0.0632. The molecular formula is C16H16N2O3. The minimum atomic E-state index is -0.280. The molecule has 1 atom stereocenters. The van der Waals surface area contributed by atoms with Crippen molar-refractivity contribution in [1.82, 2.24) is 0 Å². The van der Waals surface area contributed by atoms with E-state index in [-0.39, 0.29) is 23.6 Å². The number of amides is 2. The first-order chi connectivity index (χ1) is 10.0. The van der Waals surface area contributed by atoms with Gasteiger partial charge in [-0.1, -0.05) is 18.2 Å². The molecule has 0 aromatic heterocycles. The molecule has 5 heteroatoms. The number of nitrogens with one attached hydrogen (secondary N) is 1. The largest absolute Gasteiger partial charge is 0.508 e. The number of phenolic OH excluding ortho intramolecular Hbond substituents is 2. The van der Waals surface area contributed by atoms with Crippen molar-refractivity contribution in [2.75, 3.05) is 10.2 Å². The molecule has 0 saturated heterocycles. The van der Waals surface area contributed by atoms with Gasteiger partial charge in [-0.3, -0.25) is 4.90 Å². The Hall–Kier alpha value is -2.69. The van der Waals surface area contributed by atoms with E-state index in [0.29, 0.717) is 5.69 Å². The lowest BCUT2D eigenvalue weighted by Crippen LogP contribution is -2.39. The number of rotatable bonds is 1. The number of hydrogen-bond acceptors (Lipinski definition) is 3. The van der Waals surface area contributed by atoms with Crippen molar-refractivity contribution in [3.8, 4) is 11.5 Å². The van der Waals surface area contributed by atoms with Crippen molar-refractivity contribution >= 4 is 17.4 Å². The fourth-order valence-corrected chi connectivity index (χ4v) is 2.73. The standard InChI is InChI=1S/C16H16N2O3/c1-10-6-11-4-2-3-5-15(11)18(10)16(21)17-12-7-13(19)9-14(20)8-12/h2-5,7-10,19-20H,6H2,1H3,(H,17,21). The maximum absolute atomic E-state index is 12.5. The summed E-state index contributed by atoms with van der Waals surface area (Å²) in [5, 5.41) is 21.6. The van der Waals surface area contributed by atoms with Crippen LogP contribution in [-0.2, 0) is 6.42 Å². The zero-order chi connectivity index (χ0) is 15.0. The predicted octanol–water partition coefficient (Wildman–Crippen LogP) is 3.08. The van der Waals surface area contributed by atoms with E-state index in [2.05, 4.69) is 5.32 Å². The Kier molecular flexibility index (Phi) is 3.17. The zero-order valence-electron chi connectivity index (χ0n) is 11.6. The van der Waals surface area contributed by atoms with Crippen molar-refractivity contribution in [1.29, 1.82) is 0 Å². The van der Waals surface area contributed by atoms with E-state index in [4.69, 9.17) is 0 Å². The third-order valence-electron chi connectivity index (χ3n) is 3.58. The number of anilines is 2. The SMILES string of the molecule is CC1Cc2ccccc2N1C(=O)Nc1cc(O)cc(O)c1. The lowest BCUT2D eigenvalue weighted by atomic mass is 10.1. The van der Waals surface area contributed by atoms with Crippen LogP contribution >= 0.6 is 0 Å². The van der Waals surface area contributed by atoms with Crippen molar-refractivity contribution < 1.29 is 15.0 Å². The van der Waals surface area contributed by atoms with Gasteiger partial charge in [0.1, 0.15) is 11.5 Å². The van der Waals surface area contributed by atoms with Crippen LogP contribution in [0.4, 0.5) is 16.2 Å². The summed E-state index contributed by atoms with van der Waals surface area (Å²) in [5.41, 5.74) is 2.39. The van der Waals surface area contributed by atoms with Gasteiger partial charge >= 0.3 is 6.03 Å². The maximum atomic E-state index is 12.5. The first kappa shape index (κ1) is 13.3. The van der Waals surface area contributed by atoms with Crippen LogP contribution in [0.15, 0.2) is 42.5 Å². The second-order valence-electron chi connectivity index (χ2n) is 5.22. The Morgan fingerprint density at radius 2 is 1.86 bits per heavy atom. The molecule has 0 spiro atoms. The molecule has 2 amide bonds. The van der Waals surface area contributed by atoms with Gasteiger partial charge in [0.15, 0.2) is 0 Å². The second-order valence-corrected chi connectivity index (χ2v) is 5.22. The Morgan fingerprint density at radius 1 is 1.19 bits per heavy atom. The Balaban J connectivity index is 1.86. The summed E-state index contributed by atoms with van der Waals surface area (Å²) in [4.78, 5) is 14.2. The molecular weight excluding hydrogens is 268 g/mol. The summed E-state index contributed by atoms with van der Waals surface area (Å²) in [6.45, 7) is 1.99. The van der Waals surface area contributed by atoms with Crippen LogP contribution in [0.1, 0.15) is 12.5 Å². The summed E-state index contributed by atoms with van der Waals surface area (Å²) < 4.78 is 0. The van der Waals surface area contributed by atoms with Crippen LogP contribution < -0.4 is 10.2 Å². The van der Waals surface area contributed by atoms with Crippen LogP contribution in [0.5, 0.6) is 11.5 Å². The van der Waals surface area contributed by atoms with Crippen LogP contribution in [0.2, 0.25) is 0 Å². The summed E-state index contributed by atoms with van der Waals surface area (Å²) in [7, 11) is 0. The fraction of sp³-hybridized carbons (Fsp3) is 0.188. The quantitative estimate of drug-likeness (QED) is 0.753. The summed E-state index contributed by atoms with van der Waals surface area (Å²) in [6, 6.07) is 11.6. The second kappa shape index (κ2) is 5.01. The highest BCUT2D eigenvalue weighted by molar-refractivity contribution is 6.03. The highest BCUT2D eigenvalue weighted by atomic mass is 16.3. The molecule has 3 rings (SSSR count). The maximum Gasteiger partial charge on any atom is 0.326 e. The first-order valence-corrected chi connectivity index (χ1v) is 6.76. The highest BCUT2D eigenvalue weighted by Crippen LogP contribution is 2.32. The van der Waals surface area contributed by atoms with E-state index in [1.165, 1.54) is 18.2 Å². The van der Waals surface area contributed by atoms with E-state index < -0.39 is 0 Å². The van der Waals surface area contributed by atoms with Gasteiger partial charge in [0, 0.05) is 35.6 Å². The number of para-hydroxylation sites is 1. The number of phenols is 2. The van der Waals surface area contributed by atoms with Gasteiger partial charge < -0.3 is 15.5 Å². The Morgan fingerprint density at radius 3 is 2.57 bits per heavy atom. The number of urea groups is 1. The number of fused-ring (bicyclic) bond motifs is 1. The molecule has 0 aliphatic carbocycles. The average Bonchev–Trinajstić information content (AvgIpc) is 2.73. The molecule has 5 nitrogen and oxygen atoms in total. The smallest absolute Gasteiger partial charge is 0.326 e. The fourth-order valence-electron chi connectivity index (χ4n) is 2.73. The molecule has 0 saturated carbocycles. The molecule has 0 fully saturated rings. The van der Waals surface area contributed by atoms with Crippen LogP contribution in [0, 0.1) is 0 Å².